The van der Waals surface area contributed by atoms with Crippen molar-refractivity contribution in [3.05, 3.63) is 34.9 Å². The minimum Gasteiger partial charge on any atom is -0.299 e. The van der Waals surface area contributed by atoms with Crippen LogP contribution in [0.5, 0.6) is 0 Å². The Labute approximate surface area is 141 Å². The van der Waals surface area contributed by atoms with Crippen LogP contribution >= 0.6 is 0 Å². The van der Waals surface area contributed by atoms with Crippen LogP contribution < -0.4 is 0 Å². The molecule has 0 spiro atoms. The fourth-order valence-corrected chi connectivity index (χ4v) is 4.81. The molecule has 0 amide bonds. The van der Waals surface area contributed by atoms with Crippen molar-refractivity contribution in [2.75, 3.05) is 19.6 Å². The summed E-state index contributed by atoms with van der Waals surface area (Å²) in [5, 5.41) is 0. The molecular weight excluding hydrogens is 280 g/mol. The van der Waals surface area contributed by atoms with Gasteiger partial charge in [0, 0.05) is 32.2 Å². The Morgan fingerprint density at radius 1 is 1.13 bits per heavy atom. The fourth-order valence-electron chi connectivity index (χ4n) is 4.81. The summed E-state index contributed by atoms with van der Waals surface area (Å²) >= 11 is 0. The Morgan fingerprint density at radius 3 is 2.65 bits per heavy atom. The number of hydrogen-bond acceptors (Lipinski definition) is 2. The van der Waals surface area contributed by atoms with E-state index in [1.165, 1.54) is 57.4 Å². The Kier molecular flexibility index (Phi) is 4.01. The summed E-state index contributed by atoms with van der Waals surface area (Å²) in [7, 11) is 0. The molecule has 0 N–H and O–H groups in total. The Hall–Kier alpha value is -0.860. The highest BCUT2D eigenvalue weighted by Gasteiger charge is 2.32. The van der Waals surface area contributed by atoms with E-state index < -0.39 is 0 Å². The zero-order chi connectivity index (χ0) is 16.0. The predicted molar refractivity (Wildman–Crippen MR) is 96.4 cm³/mol. The molecule has 2 heteroatoms. The highest BCUT2D eigenvalue weighted by molar-refractivity contribution is 5.34. The molecule has 1 saturated heterocycles. The zero-order valence-electron chi connectivity index (χ0n) is 15.1. The molecule has 0 unspecified atom stereocenters. The van der Waals surface area contributed by atoms with Crippen molar-refractivity contribution in [2.45, 2.75) is 65.6 Å². The lowest BCUT2D eigenvalue weighted by Gasteiger charge is -2.44. The molecule has 2 fully saturated rings. The lowest BCUT2D eigenvalue weighted by molar-refractivity contribution is 0.0747. The van der Waals surface area contributed by atoms with Crippen molar-refractivity contribution in [2.24, 2.45) is 11.3 Å². The minimum atomic E-state index is 0.509. The van der Waals surface area contributed by atoms with Gasteiger partial charge in [-0.2, -0.15) is 0 Å². The lowest BCUT2D eigenvalue weighted by atomic mass is 9.80. The summed E-state index contributed by atoms with van der Waals surface area (Å²) < 4.78 is 0. The van der Waals surface area contributed by atoms with Crippen LogP contribution in [-0.4, -0.2) is 35.5 Å². The predicted octanol–water partition coefficient (Wildman–Crippen LogP) is 4.08. The van der Waals surface area contributed by atoms with Crippen molar-refractivity contribution in [1.29, 1.82) is 0 Å². The molecule has 1 aromatic carbocycles. The first-order valence-electron chi connectivity index (χ1n) is 9.56. The molecule has 0 bridgehead atoms. The van der Waals surface area contributed by atoms with Crippen molar-refractivity contribution >= 4 is 0 Å². The topological polar surface area (TPSA) is 6.48 Å². The highest BCUT2D eigenvalue weighted by atomic mass is 15.2. The summed E-state index contributed by atoms with van der Waals surface area (Å²) in [6.07, 6.45) is 5.42. The average Bonchev–Trinajstić information content (AvgIpc) is 2.82. The highest BCUT2D eigenvalue weighted by Crippen LogP contribution is 2.34. The van der Waals surface area contributed by atoms with Crippen LogP contribution in [0.15, 0.2) is 18.2 Å². The number of rotatable bonds is 3. The van der Waals surface area contributed by atoms with Gasteiger partial charge in [-0.1, -0.05) is 39.0 Å². The first-order valence-corrected chi connectivity index (χ1v) is 9.56. The van der Waals surface area contributed by atoms with E-state index in [2.05, 4.69) is 48.8 Å². The average molecular weight is 313 g/mol. The molecule has 2 heterocycles. The van der Waals surface area contributed by atoms with E-state index in [1.807, 2.05) is 0 Å². The largest absolute Gasteiger partial charge is 0.299 e. The smallest absolute Gasteiger partial charge is 0.0239 e. The van der Waals surface area contributed by atoms with Crippen LogP contribution in [0.2, 0.25) is 0 Å². The van der Waals surface area contributed by atoms with Crippen LogP contribution in [0, 0.1) is 11.3 Å². The van der Waals surface area contributed by atoms with Crippen molar-refractivity contribution in [3.63, 3.8) is 0 Å². The van der Waals surface area contributed by atoms with E-state index in [4.69, 9.17) is 0 Å². The molecule has 0 aromatic heterocycles. The van der Waals surface area contributed by atoms with Crippen LogP contribution in [0.3, 0.4) is 0 Å². The van der Waals surface area contributed by atoms with Crippen LogP contribution in [-0.2, 0) is 19.5 Å². The van der Waals surface area contributed by atoms with E-state index in [0.717, 1.165) is 18.5 Å². The van der Waals surface area contributed by atoms with Gasteiger partial charge in [0.05, 0.1) is 0 Å². The first-order chi connectivity index (χ1) is 11.0. The summed E-state index contributed by atoms with van der Waals surface area (Å²) in [5.74, 6) is 0.952. The van der Waals surface area contributed by atoms with E-state index >= 15 is 0 Å². The maximum atomic E-state index is 2.73. The second-order valence-corrected chi connectivity index (χ2v) is 9.18. The Balaban J connectivity index is 1.40. The van der Waals surface area contributed by atoms with E-state index in [1.54, 1.807) is 11.1 Å². The van der Waals surface area contributed by atoms with E-state index in [9.17, 15) is 0 Å². The minimum absolute atomic E-state index is 0.509. The van der Waals surface area contributed by atoms with Gasteiger partial charge in [0.1, 0.15) is 0 Å². The molecule has 1 aliphatic carbocycles. The van der Waals surface area contributed by atoms with Gasteiger partial charge in [0.15, 0.2) is 0 Å². The molecule has 3 aliphatic rings. The molecule has 2 nitrogen and oxygen atoms in total. The second kappa shape index (κ2) is 5.89. The third-order valence-corrected chi connectivity index (χ3v) is 6.34. The van der Waals surface area contributed by atoms with Crippen molar-refractivity contribution in [1.82, 2.24) is 9.80 Å². The van der Waals surface area contributed by atoms with Gasteiger partial charge >= 0.3 is 0 Å². The number of fused-ring (bicyclic) bond motifs is 1. The number of nitrogens with zero attached hydrogens (tertiary/aromatic N) is 2. The zero-order valence-corrected chi connectivity index (χ0v) is 15.1. The third-order valence-electron chi connectivity index (χ3n) is 6.34. The van der Waals surface area contributed by atoms with Crippen molar-refractivity contribution in [3.8, 4) is 0 Å². The monoisotopic (exact) mass is 312 g/mol. The van der Waals surface area contributed by atoms with E-state index in [-0.39, 0.29) is 0 Å². The molecule has 4 rings (SSSR count). The molecule has 1 aromatic rings. The second-order valence-electron chi connectivity index (χ2n) is 9.18. The normalized spacial score (nSPS) is 30.9. The molecule has 23 heavy (non-hydrogen) atoms. The van der Waals surface area contributed by atoms with E-state index in [0.29, 0.717) is 5.41 Å². The molecule has 2 aliphatic heterocycles. The summed E-state index contributed by atoms with van der Waals surface area (Å²) in [5.41, 5.74) is 5.23. The van der Waals surface area contributed by atoms with Gasteiger partial charge in [-0.05, 0) is 60.3 Å². The lowest BCUT2D eigenvalue weighted by Crippen LogP contribution is -2.46. The first kappa shape index (κ1) is 15.7. The number of likely N-dealkylation sites (tertiary alicyclic amines) is 1. The molecule has 1 saturated carbocycles. The van der Waals surface area contributed by atoms with Gasteiger partial charge in [-0.25, -0.2) is 0 Å². The van der Waals surface area contributed by atoms with Crippen molar-refractivity contribution < 1.29 is 0 Å². The maximum Gasteiger partial charge on any atom is 0.0239 e. The Bertz CT molecular complexity index is 571. The summed E-state index contributed by atoms with van der Waals surface area (Å²) in [6.45, 7) is 13.3. The quantitative estimate of drug-likeness (QED) is 0.830. The third kappa shape index (κ3) is 3.34. The molecule has 0 radical (unpaired) electrons. The van der Waals surface area contributed by atoms with Gasteiger partial charge < -0.3 is 0 Å². The SMILES string of the molecule is CC1CC(N2CCc3cc(CN4CCC(C)(C)C4)ccc3C2)C1. The van der Waals surface area contributed by atoms with Gasteiger partial charge in [0.25, 0.3) is 0 Å². The summed E-state index contributed by atoms with van der Waals surface area (Å²) in [4.78, 5) is 5.36. The molecule has 126 valence electrons. The Morgan fingerprint density at radius 2 is 1.96 bits per heavy atom. The van der Waals surface area contributed by atoms with Crippen LogP contribution in [0.25, 0.3) is 0 Å². The van der Waals surface area contributed by atoms with Gasteiger partial charge in [0.2, 0.25) is 0 Å². The number of benzene rings is 1. The van der Waals surface area contributed by atoms with Gasteiger partial charge in [-0.15, -0.1) is 0 Å². The maximum absolute atomic E-state index is 2.73. The summed E-state index contributed by atoms with van der Waals surface area (Å²) in [6, 6.07) is 8.17. The molecule has 0 atom stereocenters. The molecular formula is C21H32N2. The standard InChI is InChI=1S/C21H32N2/c1-16-10-20(11-16)23-8-6-18-12-17(4-5-19(18)14-23)13-22-9-7-21(2,3)15-22/h4-5,12,16,20H,6-11,13-15H2,1-3H3. The fraction of sp³-hybridized carbons (Fsp3) is 0.714. The van der Waals surface area contributed by atoms with Gasteiger partial charge in [-0.3, -0.25) is 9.80 Å². The number of hydrogen-bond donors (Lipinski definition) is 0. The van der Waals surface area contributed by atoms with Crippen LogP contribution in [0.4, 0.5) is 0 Å². The van der Waals surface area contributed by atoms with Crippen LogP contribution in [0.1, 0.15) is 56.7 Å².